The molecule has 0 atom stereocenters. The van der Waals surface area contributed by atoms with Gasteiger partial charge in [-0.05, 0) is 182 Å². The summed E-state index contributed by atoms with van der Waals surface area (Å²) in [6.45, 7) is 32.5. The number of hydrogen-bond donors (Lipinski definition) is 0. The average molecular weight is 850 g/mol. The second-order valence-electron chi connectivity index (χ2n) is 23.6. The highest BCUT2D eigenvalue weighted by Crippen LogP contribution is 2.68. The molecule has 2 heterocycles. The molecule has 0 aliphatic heterocycles. The standard InChI is InChI=1S/C13H22.C11H20.C10H11NS.C10H17NS.C8H14.3CH4/c1-9(2)13-6-10-3-11(7-13)5-12(4-10)8-13;1-9(2)11-6-4-10(3,8-11)5-7-11;1-7(2)8-3-4-9-10(5-8)12-6-11-9;1-7(2)9-11-6-8(12-9)10(3,4)5;1-6(2)8-3-7(4-8)5-8;;;/h9-12H,3-8H2,1-2H3;9H,4-8H2,1-3H3;3-7H,1-2H3;6-7H,1-5H3;6-7H,3-5H2,1-2H3;3*1H4. The molecule has 12 rings (SSSR count). The summed E-state index contributed by atoms with van der Waals surface area (Å²) in [4.78, 5) is 10.0. The molecule has 338 valence electrons. The average Bonchev–Trinajstić information content (AvgIpc) is 3.87. The van der Waals surface area contributed by atoms with Crippen molar-refractivity contribution in [2.24, 2.45) is 63.1 Å². The zero-order valence-electron chi connectivity index (χ0n) is 38.7. The number of benzene rings is 1. The molecule has 0 N–H and O–H groups in total. The van der Waals surface area contributed by atoms with Crippen LogP contribution in [0.3, 0.4) is 0 Å². The summed E-state index contributed by atoms with van der Waals surface area (Å²) in [6.07, 6.45) is 23.8. The van der Waals surface area contributed by atoms with Gasteiger partial charge in [0.2, 0.25) is 0 Å². The van der Waals surface area contributed by atoms with Gasteiger partial charge < -0.3 is 0 Å². The minimum absolute atomic E-state index is 0. The van der Waals surface area contributed by atoms with E-state index < -0.39 is 0 Å². The van der Waals surface area contributed by atoms with Crippen molar-refractivity contribution in [3.05, 3.63) is 45.4 Å². The van der Waals surface area contributed by atoms with Gasteiger partial charge in [0.15, 0.2) is 0 Å². The van der Waals surface area contributed by atoms with Gasteiger partial charge in [0.1, 0.15) is 0 Å². The monoisotopic (exact) mass is 849 g/mol. The zero-order valence-corrected chi connectivity index (χ0v) is 40.3. The number of aromatic nitrogens is 2. The highest BCUT2D eigenvalue weighted by molar-refractivity contribution is 7.16. The number of thiazole rings is 2. The number of fused-ring (bicyclic) bond motifs is 3. The Kier molecular flexibility index (Phi) is 17.7. The van der Waals surface area contributed by atoms with Crippen molar-refractivity contribution in [1.82, 2.24) is 9.97 Å². The van der Waals surface area contributed by atoms with E-state index in [1.807, 2.05) is 23.0 Å². The highest BCUT2D eigenvalue weighted by Gasteiger charge is 2.57. The third-order valence-corrected chi connectivity index (χ3v) is 19.4. The largest absolute Gasteiger partial charge is 0.249 e. The summed E-state index contributed by atoms with van der Waals surface area (Å²) in [7, 11) is 0. The van der Waals surface area contributed by atoms with Crippen LogP contribution in [0.1, 0.15) is 236 Å². The summed E-state index contributed by atoms with van der Waals surface area (Å²) in [5.41, 5.74) is 7.86. The molecule has 1 aromatic carbocycles. The quantitative estimate of drug-likeness (QED) is 0.256. The van der Waals surface area contributed by atoms with E-state index in [-0.39, 0.29) is 27.7 Å². The Balaban J connectivity index is 0.000000196. The SMILES string of the molecule is C.C.C.CC(C)C12CC(C1)C2.CC(C)C12CC3CC(CC(C3)C1)C2.CC(C)C12CCC(C)(CC1)C2.CC(C)c1ccc2ncsc2c1.CC(C)c1ncc(C(C)(C)C)s1. The van der Waals surface area contributed by atoms with Crippen LogP contribution in [0.15, 0.2) is 29.9 Å². The third kappa shape index (κ3) is 11.7. The summed E-state index contributed by atoms with van der Waals surface area (Å²) in [5, 5.41) is 1.25. The zero-order chi connectivity index (χ0) is 40.8. The van der Waals surface area contributed by atoms with E-state index >= 15 is 0 Å². The second-order valence-corrected chi connectivity index (χ2v) is 25.6. The maximum atomic E-state index is 4.40. The molecule has 9 saturated carbocycles. The summed E-state index contributed by atoms with van der Waals surface area (Å²) < 4.78 is 1.29. The lowest BCUT2D eigenvalue weighted by Crippen LogP contribution is -2.54. The van der Waals surface area contributed by atoms with Crippen molar-refractivity contribution in [2.45, 2.75) is 226 Å². The number of nitrogens with zero attached hydrogens (tertiary/aromatic N) is 2. The molecular formula is C55H96N2S2. The molecule has 0 amide bonds. The minimum atomic E-state index is 0. The lowest BCUT2D eigenvalue weighted by atomic mass is 9.41. The maximum absolute atomic E-state index is 4.40. The maximum Gasteiger partial charge on any atom is 0.0953 e. The fourth-order valence-electron chi connectivity index (χ4n) is 12.6. The summed E-state index contributed by atoms with van der Waals surface area (Å²) in [5.74, 6) is 8.57. The Morgan fingerprint density at radius 1 is 0.610 bits per heavy atom. The molecule has 2 nitrogen and oxygen atoms in total. The van der Waals surface area contributed by atoms with Gasteiger partial charge >= 0.3 is 0 Å². The van der Waals surface area contributed by atoms with Crippen molar-refractivity contribution < 1.29 is 0 Å². The van der Waals surface area contributed by atoms with Crippen molar-refractivity contribution in [1.29, 1.82) is 0 Å². The van der Waals surface area contributed by atoms with E-state index in [0.717, 1.165) is 68.6 Å². The Bertz CT molecular complexity index is 1650. The second kappa shape index (κ2) is 20.1. The molecule has 9 fully saturated rings. The van der Waals surface area contributed by atoms with Gasteiger partial charge in [-0.1, -0.05) is 125 Å². The molecule has 0 saturated heterocycles. The lowest BCUT2D eigenvalue weighted by molar-refractivity contribution is -0.141. The molecule has 2 aromatic heterocycles. The van der Waals surface area contributed by atoms with E-state index in [2.05, 4.69) is 125 Å². The van der Waals surface area contributed by atoms with Crippen molar-refractivity contribution in [3.63, 3.8) is 0 Å². The lowest BCUT2D eigenvalue weighted by Gasteiger charge is -2.64. The molecule has 9 aliphatic rings. The van der Waals surface area contributed by atoms with Gasteiger partial charge in [0.25, 0.3) is 0 Å². The number of hydrogen-bond acceptors (Lipinski definition) is 4. The van der Waals surface area contributed by atoms with Crippen LogP contribution in [-0.2, 0) is 5.41 Å². The predicted octanol–water partition coefficient (Wildman–Crippen LogP) is 18.8. The van der Waals surface area contributed by atoms with E-state index in [0.29, 0.717) is 11.8 Å². The molecule has 0 spiro atoms. The first-order valence-electron chi connectivity index (χ1n) is 23.4. The van der Waals surface area contributed by atoms with Gasteiger partial charge in [0, 0.05) is 17.0 Å². The normalized spacial score (nSPS) is 32.6. The topological polar surface area (TPSA) is 25.8 Å². The smallest absolute Gasteiger partial charge is 0.0953 e. The van der Waals surface area contributed by atoms with Crippen LogP contribution in [-0.4, -0.2) is 9.97 Å². The number of rotatable bonds is 5. The molecule has 0 unspecified atom stereocenters. The Morgan fingerprint density at radius 2 is 1.08 bits per heavy atom. The fourth-order valence-corrected chi connectivity index (χ4v) is 14.3. The first kappa shape index (κ1) is 52.1. The van der Waals surface area contributed by atoms with Crippen LogP contribution in [0.5, 0.6) is 0 Å². The van der Waals surface area contributed by atoms with Gasteiger partial charge in [-0.3, -0.25) is 0 Å². The minimum Gasteiger partial charge on any atom is -0.249 e. The summed E-state index contributed by atoms with van der Waals surface area (Å²) in [6, 6.07) is 6.49. The first-order chi connectivity index (χ1) is 26.2. The van der Waals surface area contributed by atoms with Crippen LogP contribution in [0.2, 0.25) is 0 Å². The van der Waals surface area contributed by atoms with Gasteiger partial charge in [-0.2, -0.15) is 0 Å². The Hall–Kier alpha value is -1.26. The van der Waals surface area contributed by atoms with E-state index in [1.54, 1.807) is 69.1 Å². The van der Waals surface area contributed by atoms with Crippen molar-refractivity contribution >= 4 is 32.9 Å². The molecule has 59 heavy (non-hydrogen) atoms. The van der Waals surface area contributed by atoms with E-state index in [9.17, 15) is 0 Å². The van der Waals surface area contributed by atoms with Crippen LogP contribution in [0, 0.1) is 63.1 Å². The highest BCUT2D eigenvalue weighted by atomic mass is 32.1. The predicted molar refractivity (Wildman–Crippen MR) is 267 cm³/mol. The van der Waals surface area contributed by atoms with Crippen LogP contribution >= 0.6 is 22.7 Å². The van der Waals surface area contributed by atoms with Crippen molar-refractivity contribution in [3.8, 4) is 0 Å². The molecule has 8 bridgehead atoms. The van der Waals surface area contributed by atoms with Crippen molar-refractivity contribution in [2.75, 3.05) is 0 Å². The van der Waals surface area contributed by atoms with E-state index in [1.165, 1.54) is 52.3 Å². The fraction of sp³-hybridized carbons (Fsp3) is 0.818. The molecule has 0 radical (unpaired) electrons. The Morgan fingerprint density at radius 3 is 1.39 bits per heavy atom. The molecule has 9 aliphatic carbocycles. The van der Waals surface area contributed by atoms with Crippen LogP contribution < -0.4 is 0 Å². The molecule has 3 aromatic rings. The van der Waals surface area contributed by atoms with Gasteiger partial charge in [-0.15, -0.1) is 22.7 Å². The Labute approximate surface area is 375 Å². The van der Waals surface area contributed by atoms with Gasteiger partial charge in [0.05, 0.1) is 20.7 Å². The van der Waals surface area contributed by atoms with Crippen LogP contribution in [0.4, 0.5) is 0 Å². The molecular weight excluding hydrogens is 753 g/mol. The van der Waals surface area contributed by atoms with E-state index in [4.69, 9.17) is 0 Å². The molecule has 4 heteroatoms. The third-order valence-electron chi connectivity index (χ3n) is 16.9. The first-order valence-corrected chi connectivity index (χ1v) is 25.1. The summed E-state index contributed by atoms with van der Waals surface area (Å²) >= 11 is 3.54. The van der Waals surface area contributed by atoms with Gasteiger partial charge in [-0.25, -0.2) is 9.97 Å². The van der Waals surface area contributed by atoms with Crippen LogP contribution in [0.25, 0.3) is 10.2 Å².